The van der Waals surface area contributed by atoms with Crippen molar-refractivity contribution in [2.45, 2.75) is 34.3 Å². The number of rotatable bonds is 5. The Kier molecular flexibility index (Phi) is 5.82. The molecule has 0 saturated heterocycles. The summed E-state index contributed by atoms with van der Waals surface area (Å²) >= 11 is 3.43. The van der Waals surface area contributed by atoms with Gasteiger partial charge in [0, 0.05) is 10.2 Å². The Labute approximate surface area is 146 Å². The second-order valence-corrected chi connectivity index (χ2v) is 7.87. The summed E-state index contributed by atoms with van der Waals surface area (Å²) in [6, 6.07) is 10.9. The fourth-order valence-corrected chi connectivity index (χ4v) is 2.62. The average molecular weight is 380 g/mol. The number of hydrogen-bond donors (Lipinski definition) is 1. The largest absolute Gasteiger partial charge is 0.376 e. The van der Waals surface area contributed by atoms with E-state index in [4.69, 9.17) is 4.74 Å². The van der Waals surface area contributed by atoms with Gasteiger partial charge in [-0.1, -0.05) is 42.8 Å². The highest BCUT2D eigenvalue weighted by Crippen LogP contribution is 2.26. The van der Waals surface area contributed by atoms with E-state index in [-0.39, 0.29) is 11.2 Å². The summed E-state index contributed by atoms with van der Waals surface area (Å²) in [6.07, 6.45) is 0. The fourth-order valence-electron chi connectivity index (χ4n) is 2.15. The molecule has 0 radical (unpaired) electrons. The molecule has 124 valence electrons. The van der Waals surface area contributed by atoms with Gasteiger partial charge >= 0.3 is 0 Å². The van der Waals surface area contributed by atoms with Crippen molar-refractivity contribution in [1.29, 1.82) is 0 Å². The zero-order valence-corrected chi connectivity index (χ0v) is 15.6. The van der Waals surface area contributed by atoms with Crippen LogP contribution < -0.4 is 5.32 Å². The number of hydrogen-bond acceptors (Lipinski definition) is 2. The second-order valence-electron chi connectivity index (χ2n) is 6.95. The topological polar surface area (TPSA) is 21.3 Å². The van der Waals surface area contributed by atoms with E-state index in [2.05, 4.69) is 42.0 Å². The van der Waals surface area contributed by atoms with Gasteiger partial charge in [0.05, 0.1) is 18.9 Å². The summed E-state index contributed by atoms with van der Waals surface area (Å²) in [7, 11) is 0. The van der Waals surface area contributed by atoms with Crippen LogP contribution in [0.4, 0.5) is 15.8 Å². The predicted molar refractivity (Wildman–Crippen MR) is 97.7 cm³/mol. The molecule has 2 aromatic rings. The third-order valence-corrected chi connectivity index (χ3v) is 3.79. The summed E-state index contributed by atoms with van der Waals surface area (Å²) in [5, 5.41) is 3.16. The van der Waals surface area contributed by atoms with Gasteiger partial charge in [0.1, 0.15) is 5.82 Å². The monoisotopic (exact) mass is 379 g/mol. The first-order chi connectivity index (χ1) is 10.7. The maximum Gasteiger partial charge on any atom is 0.146 e. The quantitative estimate of drug-likeness (QED) is 0.667. The number of ether oxygens (including phenoxy) is 1. The van der Waals surface area contributed by atoms with Crippen LogP contribution in [0.5, 0.6) is 0 Å². The molecule has 0 amide bonds. The van der Waals surface area contributed by atoms with Gasteiger partial charge in [0.2, 0.25) is 0 Å². The normalized spacial score (nSPS) is 11.6. The number of nitrogens with one attached hydrogen (secondary N) is 1. The lowest BCUT2D eigenvalue weighted by molar-refractivity contribution is 0.0599. The van der Waals surface area contributed by atoms with E-state index in [1.54, 1.807) is 12.1 Å². The van der Waals surface area contributed by atoms with Crippen LogP contribution in [-0.4, -0.2) is 6.61 Å². The van der Waals surface area contributed by atoms with E-state index in [1.807, 2.05) is 25.1 Å². The van der Waals surface area contributed by atoms with Crippen LogP contribution in [-0.2, 0) is 11.3 Å². The molecule has 2 nitrogen and oxygen atoms in total. The van der Waals surface area contributed by atoms with Crippen molar-refractivity contribution < 1.29 is 9.13 Å². The molecule has 4 heteroatoms. The highest BCUT2D eigenvalue weighted by molar-refractivity contribution is 9.10. The zero-order chi connectivity index (χ0) is 17.0. The SMILES string of the molecule is Cc1cc(Br)ccc1Nc1cc(COCC(C)(C)C)ccc1F. The lowest BCUT2D eigenvalue weighted by Crippen LogP contribution is -2.14. The van der Waals surface area contributed by atoms with Crippen LogP contribution in [0.15, 0.2) is 40.9 Å². The molecule has 0 saturated carbocycles. The van der Waals surface area contributed by atoms with E-state index in [0.29, 0.717) is 18.9 Å². The van der Waals surface area contributed by atoms with Gasteiger partial charge in [-0.2, -0.15) is 0 Å². The lowest BCUT2D eigenvalue weighted by atomic mass is 9.99. The minimum Gasteiger partial charge on any atom is -0.376 e. The van der Waals surface area contributed by atoms with Crippen molar-refractivity contribution in [3.63, 3.8) is 0 Å². The summed E-state index contributed by atoms with van der Waals surface area (Å²) in [5.41, 5.74) is 3.48. The van der Waals surface area contributed by atoms with E-state index < -0.39 is 0 Å². The van der Waals surface area contributed by atoms with Gasteiger partial charge in [-0.25, -0.2) is 4.39 Å². The maximum absolute atomic E-state index is 14.1. The molecule has 1 N–H and O–H groups in total. The molecule has 0 aliphatic heterocycles. The van der Waals surface area contributed by atoms with Crippen LogP contribution in [0.25, 0.3) is 0 Å². The highest BCUT2D eigenvalue weighted by atomic mass is 79.9. The van der Waals surface area contributed by atoms with E-state index >= 15 is 0 Å². The third-order valence-electron chi connectivity index (χ3n) is 3.29. The van der Waals surface area contributed by atoms with Crippen molar-refractivity contribution in [2.24, 2.45) is 5.41 Å². The molecule has 23 heavy (non-hydrogen) atoms. The van der Waals surface area contributed by atoms with Gasteiger partial charge in [-0.3, -0.25) is 0 Å². The van der Waals surface area contributed by atoms with Crippen molar-refractivity contribution in [3.05, 3.63) is 57.8 Å². The van der Waals surface area contributed by atoms with Crippen molar-refractivity contribution in [3.8, 4) is 0 Å². The molecule has 0 aromatic heterocycles. The van der Waals surface area contributed by atoms with Crippen molar-refractivity contribution in [2.75, 3.05) is 11.9 Å². The van der Waals surface area contributed by atoms with Gasteiger partial charge in [0.15, 0.2) is 0 Å². The van der Waals surface area contributed by atoms with E-state index in [9.17, 15) is 4.39 Å². The van der Waals surface area contributed by atoms with E-state index in [0.717, 1.165) is 21.3 Å². The first-order valence-corrected chi connectivity index (χ1v) is 8.43. The molecule has 0 aliphatic carbocycles. The molecule has 0 spiro atoms. The minimum absolute atomic E-state index is 0.121. The first-order valence-electron chi connectivity index (χ1n) is 7.64. The summed E-state index contributed by atoms with van der Waals surface area (Å²) in [5.74, 6) is -0.271. The summed E-state index contributed by atoms with van der Waals surface area (Å²) < 4.78 is 20.8. The number of aryl methyl sites for hydroxylation is 1. The number of halogens is 2. The average Bonchev–Trinajstić information content (AvgIpc) is 2.44. The third kappa shape index (κ3) is 5.63. The minimum atomic E-state index is -0.271. The summed E-state index contributed by atoms with van der Waals surface area (Å²) in [4.78, 5) is 0. The molecule has 0 atom stereocenters. The standard InChI is InChI=1S/C19H23BrFNO/c1-13-9-15(20)6-8-17(13)22-18-10-14(5-7-16(18)21)11-23-12-19(2,3)4/h5-10,22H,11-12H2,1-4H3. The summed E-state index contributed by atoms with van der Waals surface area (Å²) in [6.45, 7) is 9.51. The zero-order valence-electron chi connectivity index (χ0n) is 14.0. The molecule has 0 fully saturated rings. The highest BCUT2D eigenvalue weighted by Gasteiger charge is 2.11. The molecule has 2 rings (SSSR count). The van der Waals surface area contributed by atoms with Crippen LogP contribution in [0.2, 0.25) is 0 Å². The predicted octanol–water partition coefficient (Wildman–Crippen LogP) is 6.20. The maximum atomic E-state index is 14.1. The van der Waals surface area contributed by atoms with Crippen molar-refractivity contribution in [1.82, 2.24) is 0 Å². The van der Waals surface area contributed by atoms with Crippen LogP contribution in [0.1, 0.15) is 31.9 Å². The Balaban J connectivity index is 2.11. The van der Waals surface area contributed by atoms with Gasteiger partial charge in [0.25, 0.3) is 0 Å². The Hall–Kier alpha value is -1.39. The Bertz CT molecular complexity index is 680. The first kappa shape index (κ1) is 18.0. The number of benzene rings is 2. The molecular weight excluding hydrogens is 357 g/mol. The molecule has 2 aromatic carbocycles. The molecule has 0 unspecified atom stereocenters. The molecular formula is C19H23BrFNO. The van der Waals surface area contributed by atoms with E-state index in [1.165, 1.54) is 6.07 Å². The second kappa shape index (κ2) is 7.45. The Morgan fingerprint density at radius 2 is 1.83 bits per heavy atom. The van der Waals surface area contributed by atoms with Gasteiger partial charge in [-0.15, -0.1) is 0 Å². The Morgan fingerprint density at radius 3 is 2.48 bits per heavy atom. The van der Waals surface area contributed by atoms with Crippen LogP contribution in [0, 0.1) is 18.2 Å². The molecule has 0 heterocycles. The Morgan fingerprint density at radius 1 is 1.09 bits per heavy atom. The molecule has 0 bridgehead atoms. The molecule has 0 aliphatic rings. The van der Waals surface area contributed by atoms with Crippen LogP contribution in [0.3, 0.4) is 0 Å². The smallest absolute Gasteiger partial charge is 0.146 e. The fraction of sp³-hybridized carbons (Fsp3) is 0.368. The van der Waals surface area contributed by atoms with Crippen molar-refractivity contribution >= 4 is 27.3 Å². The van der Waals surface area contributed by atoms with Gasteiger partial charge < -0.3 is 10.1 Å². The number of anilines is 2. The lowest BCUT2D eigenvalue weighted by Gasteiger charge is -2.18. The van der Waals surface area contributed by atoms with Crippen LogP contribution >= 0.6 is 15.9 Å². The van der Waals surface area contributed by atoms with Gasteiger partial charge in [-0.05, 0) is 53.8 Å².